The molecule has 0 saturated carbocycles. The summed E-state index contributed by atoms with van der Waals surface area (Å²) in [5.74, 6) is 0. The molecule has 0 aliphatic rings. The fraction of sp³-hybridized carbons (Fsp3) is 0.357. The highest BCUT2D eigenvalue weighted by atomic mass is 16.6. The molecule has 0 bridgehead atoms. The normalized spacial score (nSPS) is 11.6. The van der Waals surface area contributed by atoms with E-state index in [4.69, 9.17) is 4.74 Å². The first-order valence-corrected chi connectivity index (χ1v) is 5.92. The van der Waals surface area contributed by atoms with Gasteiger partial charge >= 0.3 is 6.09 Å². The number of pyridine rings is 1. The molecule has 0 atom stereocenters. The molecule has 2 heterocycles. The average Bonchev–Trinajstić information content (AvgIpc) is 2.53. The second kappa shape index (κ2) is 4.37. The molecule has 0 unspecified atom stereocenters. The summed E-state index contributed by atoms with van der Waals surface area (Å²) < 4.78 is 7.17. The number of carbonyl (C=O) groups excluding carboxylic acids is 1. The summed E-state index contributed by atoms with van der Waals surface area (Å²) in [6.45, 7) is 7.55. The first-order valence-electron chi connectivity index (χ1n) is 5.92. The number of hydrogen-bond acceptors (Lipinski definition) is 2. The second-order valence-electron chi connectivity index (χ2n) is 5.39. The lowest BCUT2D eigenvalue weighted by Gasteiger charge is -2.19. The van der Waals surface area contributed by atoms with Crippen molar-refractivity contribution in [3.8, 4) is 0 Å². The number of anilines is 1. The monoisotopic (exact) mass is 246 g/mol. The lowest BCUT2D eigenvalue weighted by atomic mass is 10.2. The molecule has 18 heavy (non-hydrogen) atoms. The van der Waals surface area contributed by atoms with Gasteiger partial charge in [-0.3, -0.25) is 5.32 Å². The summed E-state index contributed by atoms with van der Waals surface area (Å²) >= 11 is 0. The molecule has 0 aromatic carbocycles. The number of hydrogen-bond donors (Lipinski definition) is 1. The van der Waals surface area contributed by atoms with Gasteiger partial charge in [-0.25, -0.2) is 4.79 Å². The van der Waals surface area contributed by atoms with Crippen LogP contribution in [-0.4, -0.2) is 16.1 Å². The first-order chi connectivity index (χ1) is 8.33. The van der Waals surface area contributed by atoms with Gasteiger partial charge in [-0.15, -0.1) is 0 Å². The molecule has 0 aliphatic heterocycles. The minimum Gasteiger partial charge on any atom is -0.444 e. The number of nitrogens with one attached hydrogen (secondary N) is 1. The average molecular weight is 246 g/mol. The Morgan fingerprint density at radius 2 is 2.00 bits per heavy atom. The molecule has 1 amide bonds. The third-order valence-electron chi connectivity index (χ3n) is 2.37. The molecule has 2 aromatic heterocycles. The van der Waals surface area contributed by atoms with E-state index in [0.717, 1.165) is 5.52 Å². The van der Waals surface area contributed by atoms with Crippen molar-refractivity contribution in [1.82, 2.24) is 4.40 Å². The smallest absolute Gasteiger partial charge is 0.412 e. The van der Waals surface area contributed by atoms with Crippen molar-refractivity contribution in [3.63, 3.8) is 0 Å². The van der Waals surface area contributed by atoms with Crippen LogP contribution in [0.25, 0.3) is 5.52 Å². The molecule has 0 radical (unpaired) electrons. The number of aromatic nitrogens is 1. The zero-order valence-electron chi connectivity index (χ0n) is 11.2. The Morgan fingerprint density at radius 3 is 2.67 bits per heavy atom. The van der Waals surface area contributed by atoms with Gasteiger partial charge < -0.3 is 9.14 Å². The van der Waals surface area contributed by atoms with Crippen LogP contribution in [0.2, 0.25) is 0 Å². The van der Waals surface area contributed by atoms with Crippen LogP contribution in [0.3, 0.4) is 0 Å². The molecule has 4 heteroatoms. The zero-order chi connectivity index (χ0) is 13.3. The number of aryl methyl sites for hydroxylation is 1. The van der Waals surface area contributed by atoms with E-state index >= 15 is 0 Å². The molecule has 0 saturated heterocycles. The molecule has 0 fully saturated rings. The predicted molar refractivity (Wildman–Crippen MR) is 72.0 cm³/mol. The summed E-state index contributed by atoms with van der Waals surface area (Å²) in [5, 5.41) is 2.72. The highest BCUT2D eigenvalue weighted by molar-refractivity contribution is 5.85. The number of nitrogens with zero attached hydrogens (tertiary/aromatic N) is 1. The SMILES string of the molecule is Cc1cc2ccc(NC(=O)OC(C)(C)C)cn2c1. The van der Waals surface area contributed by atoms with Gasteiger partial charge in [-0.05, 0) is 51.5 Å². The number of ether oxygens (including phenoxy) is 1. The second-order valence-corrected chi connectivity index (χ2v) is 5.39. The van der Waals surface area contributed by atoms with E-state index in [0.29, 0.717) is 5.69 Å². The zero-order valence-corrected chi connectivity index (χ0v) is 11.2. The highest BCUT2D eigenvalue weighted by Crippen LogP contribution is 2.15. The van der Waals surface area contributed by atoms with Crippen molar-refractivity contribution in [2.45, 2.75) is 33.3 Å². The largest absolute Gasteiger partial charge is 0.444 e. The number of amides is 1. The van der Waals surface area contributed by atoms with Gasteiger partial charge in [-0.2, -0.15) is 0 Å². The van der Waals surface area contributed by atoms with E-state index in [1.165, 1.54) is 5.56 Å². The van der Waals surface area contributed by atoms with Crippen molar-refractivity contribution < 1.29 is 9.53 Å². The maximum atomic E-state index is 11.6. The lowest BCUT2D eigenvalue weighted by molar-refractivity contribution is 0.0636. The Morgan fingerprint density at radius 1 is 1.28 bits per heavy atom. The number of carbonyl (C=O) groups is 1. The standard InChI is InChI=1S/C14H18N2O2/c1-10-7-12-6-5-11(9-16(12)8-10)15-13(17)18-14(2,3)4/h5-9H,1-4H3,(H,15,17). The summed E-state index contributed by atoms with van der Waals surface area (Å²) in [4.78, 5) is 11.6. The van der Waals surface area contributed by atoms with Gasteiger partial charge in [-0.1, -0.05) is 0 Å². The van der Waals surface area contributed by atoms with E-state index in [9.17, 15) is 4.79 Å². The van der Waals surface area contributed by atoms with Gasteiger partial charge in [0.25, 0.3) is 0 Å². The van der Waals surface area contributed by atoms with Gasteiger partial charge in [0, 0.05) is 17.9 Å². The van der Waals surface area contributed by atoms with Crippen LogP contribution in [0.15, 0.2) is 30.6 Å². The number of fused-ring (bicyclic) bond motifs is 1. The Bertz CT molecular complexity index is 579. The van der Waals surface area contributed by atoms with Gasteiger partial charge in [0.2, 0.25) is 0 Å². The van der Waals surface area contributed by atoms with E-state index in [1.807, 2.05) is 56.6 Å². The minimum atomic E-state index is -0.488. The fourth-order valence-corrected chi connectivity index (χ4v) is 1.75. The Balaban J connectivity index is 2.14. The summed E-state index contributed by atoms with van der Waals surface area (Å²) in [6.07, 6.45) is 3.44. The molecular weight excluding hydrogens is 228 g/mol. The summed E-state index contributed by atoms with van der Waals surface area (Å²) in [6, 6.07) is 5.90. The Labute approximate surface area is 107 Å². The third-order valence-corrected chi connectivity index (χ3v) is 2.37. The minimum absolute atomic E-state index is 0.439. The van der Waals surface area contributed by atoms with Crippen molar-refractivity contribution in [1.29, 1.82) is 0 Å². The Hall–Kier alpha value is -1.97. The highest BCUT2D eigenvalue weighted by Gasteiger charge is 2.16. The molecule has 0 spiro atoms. The maximum Gasteiger partial charge on any atom is 0.412 e. The van der Waals surface area contributed by atoms with Crippen molar-refractivity contribution in [2.24, 2.45) is 0 Å². The van der Waals surface area contributed by atoms with E-state index < -0.39 is 11.7 Å². The van der Waals surface area contributed by atoms with Crippen LogP contribution < -0.4 is 5.32 Å². The van der Waals surface area contributed by atoms with E-state index in [1.54, 1.807) is 0 Å². The van der Waals surface area contributed by atoms with E-state index in [2.05, 4.69) is 11.4 Å². The topological polar surface area (TPSA) is 42.7 Å². The van der Waals surface area contributed by atoms with Gasteiger partial charge in [0.05, 0.1) is 5.69 Å². The molecule has 96 valence electrons. The van der Waals surface area contributed by atoms with Crippen molar-refractivity contribution in [3.05, 3.63) is 36.2 Å². The molecule has 0 aliphatic carbocycles. The molecule has 2 aromatic rings. The molecule has 1 N–H and O–H groups in total. The summed E-state index contributed by atoms with van der Waals surface area (Å²) in [5.41, 5.74) is 2.51. The summed E-state index contributed by atoms with van der Waals surface area (Å²) in [7, 11) is 0. The van der Waals surface area contributed by atoms with Crippen LogP contribution in [0.4, 0.5) is 10.5 Å². The van der Waals surface area contributed by atoms with Crippen molar-refractivity contribution >= 4 is 17.3 Å². The third kappa shape index (κ3) is 3.03. The first kappa shape index (κ1) is 12.5. The van der Waals surface area contributed by atoms with Crippen molar-refractivity contribution in [2.75, 3.05) is 5.32 Å². The molecule has 2 rings (SSSR count). The fourth-order valence-electron chi connectivity index (χ4n) is 1.75. The number of rotatable bonds is 1. The lowest BCUT2D eigenvalue weighted by Crippen LogP contribution is -2.27. The van der Waals surface area contributed by atoms with E-state index in [-0.39, 0.29) is 0 Å². The van der Waals surface area contributed by atoms with Crippen LogP contribution in [-0.2, 0) is 4.74 Å². The Kier molecular flexibility index (Phi) is 3.03. The molecular formula is C14H18N2O2. The van der Waals surface area contributed by atoms with Crippen LogP contribution in [0.1, 0.15) is 26.3 Å². The van der Waals surface area contributed by atoms with Gasteiger partial charge in [0.1, 0.15) is 5.60 Å². The maximum absolute atomic E-state index is 11.6. The molecule has 4 nitrogen and oxygen atoms in total. The predicted octanol–water partition coefficient (Wildman–Crippen LogP) is 3.59. The quantitative estimate of drug-likeness (QED) is 0.835. The van der Waals surface area contributed by atoms with Crippen LogP contribution in [0.5, 0.6) is 0 Å². The van der Waals surface area contributed by atoms with Gasteiger partial charge in [0.15, 0.2) is 0 Å². The van der Waals surface area contributed by atoms with Crippen LogP contribution >= 0.6 is 0 Å². The van der Waals surface area contributed by atoms with Crippen LogP contribution in [0, 0.1) is 6.92 Å².